The predicted molar refractivity (Wildman–Crippen MR) is 59.8 cm³/mol. The summed E-state index contributed by atoms with van der Waals surface area (Å²) in [5.74, 6) is 8.83. The van der Waals surface area contributed by atoms with Crippen LogP contribution in [0.4, 0.5) is 0 Å². The molecule has 2 atom stereocenters. The minimum Gasteiger partial charge on any atom is -0.271 e. The summed E-state index contributed by atoms with van der Waals surface area (Å²) in [6.45, 7) is 0. The van der Waals surface area contributed by atoms with Gasteiger partial charge in [-0.05, 0) is 46.2 Å². The van der Waals surface area contributed by atoms with E-state index in [1.807, 2.05) is 11.8 Å². The van der Waals surface area contributed by atoms with Crippen LogP contribution in [0.3, 0.4) is 0 Å². The maximum absolute atomic E-state index is 5.59. The molecule has 1 aliphatic heterocycles. The van der Waals surface area contributed by atoms with Crippen molar-refractivity contribution in [2.24, 2.45) is 11.8 Å². The first-order valence-electron chi connectivity index (χ1n) is 4.48. The predicted octanol–water partition coefficient (Wildman–Crippen LogP) is 2.01. The van der Waals surface area contributed by atoms with Gasteiger partial charge in [-0.1, -0.05) is 0 Å². The molecule has 1 aliphatic rings. The Morgan fingerprint density at radius 3 is 3.08 bits per heavy atom. The minimum atomic E-state index is 0.362. The smallest absolute Gasteiger partial charge is 0.0504 e. The van der Waals surface area contributed by atoms with Gasteiger partial charge in [0.1, 0.15) is 0 Å². The molecule has 3 N–H and O–H groups in total. The molecule has 2 unspecified atom stereocenters. The number of nitrogens with two attached hydrogens (primary N) is 1. The van der Waals surface area contributed by atoms with Crippen molar-refractivity contribution in [1.82, 2.24) is 5.43 Å². The van der Waals surface area contributed by atoms with E-state index in [1.54, 1.807) is 11.3 Å². The van der Waals surface area contributed by atoms with Gasteiger partial charge in [0.15, 0.2) is 0 Å². The van der Waals surface area contributed by atoms with Crippen LogP contribution >= 0.6 is 23.1 Å². The van der Waals surface area contributed by atoms with Gasteiger partial charge in [-0.2, -0.15) is 23.1 Å². The van der Waals surface area contributed by atoms with E-state index < -0.39 is 0 Å². The summed E-state index contributed by atoms with van der Waals surface area (Å²) >= 11 is 3.77. The van der Waals surface area contributed by atoms with Crippen LogP contribution in [0.5, 0.6) is 0 Å². The lowest BCUT2D eigenvalue weighted by Gasteiger charge is -2.20. The molecule has 0 spiro atoms. The van der Waals surface area contributed by atoms with E-state index in [0.29, 0.717) is 12.0 Å². The molecule has 1 aromatic heterocycles. The topological polar surface area (TPSA) is 38.0 Å². The zero-order valence-electron chi connectivity index (χ0n) is 7.40. The zero-order chi connectivity index (χ0) is 9.10. The fourth-order valence-electron chi connectivity index (χ4n) is 1.77. The maximum Gasteiger partial charge on any atom is 0.0504 e. The molecule has 72 valence electrons. The molecule has 2 rings (SSSR count). The van der Waals surface area contributed by atoms with Crippen LogP contribution in [-0.4, -0.2) is 11.5 Å². The van der Waals surface area contributed by atoms with Crippen molar-refractivity contribution >= 4 is 23.1 Å². The number of rotatable bonds is 3. The number of hydrazine groups is 1. The van der Waals surface area contributed by atoms with E-state index >= 15 is 0 Å². The molecule has 0 aliphatic carbocycles. The van der Waals surface area contributed by atoms with E-state index in [-0.39, 0.29) is 0 Å². The Hall–Kier alpha value is -0.0300. The van der Waals surface area contributed by atoms with Gasteiger partial charge >= 0.3 is 0 Å². The lowest BCUT2D eigenvalue weighted by molar-refractivity contribution is 0.401. The fraction of sp³-hybridized carbons (Fsp3) is 0.556. The number of thioether (sulfide) groups is 1. The minimum absolute atomic E-state index is 0.362. The molecule has 0 radical (unpaired) electrons. The summed E-state index contributed by atoms with van der Waals surface area (Å²) in [7, 11) is 0. The van der Waals surface area contributed by atoms with Crippen LogP contribution in [0.15, 0.2) is 16.8 Å². The average Bonchev–Trinajstić information content (AvgIpc) is 2.76. The largest absolute Gasteiger partial charge is 0.271 e. The molecule has 0 bridgehead atoms. The van der Waals surface area contributed by atoms with E-state index in [4.69, 9.17) is 5.84 Å². The molecule has 13 heavy (non-hydrogen) atoms. The van der Waals surface area contributed by atoms with Crippen molar-refractivity contribution in [3.63, 3.8) is 0 Å². The van der Waals surface area contributed by atoms with Gasteiger partial charge in [0.2, 0.25) is 0 Å². The summed E-state index contributed by atoms with van der Waals surface area (Å²) in [5.41, 5.74) is 4.29. The number of hydrogen-bond donors (Lipinski definition) is 2. The lowest BCUT2D eigenvalue weighted by Crippen LogP contribution is -2.33. The van der Waals surface area contributed by atoms with Gasteiger partial charge in [-0.25, -0.2) is 0 Å². The number of nitrogens with one attached hydrogen (secondary N) is 1. The molecule has 0 saturated carbocycles. The van der Waals surface area contributed by atoms with E-state index in [0.717, 1.165) is 0 Å². The summed E-state index contributed by atoms with van der Waals surface area (Å²) in [6, 6.07) is 2.53. The van der Waals surface area contributed by atoms with Crippen LogP contribution in [0.1, 0.15) is 18.0 Å². The standard InChI is InChI=1S/C9H14N2S2/c10-11-9(7-1-3-12-5-7)8-2-4-13-6-8/h1,3,5,8-9,11H,2,4,6,10H2. The number of hydrogen-bond acceptors (Lipinski definition) is 4. The second kappa shape index (κ2) is 4.46. The van der Waals surface area contributed by atoms with Crippen molar-refractivity contribution < 1.29 is 0 Å². The number of thiophene rings is 1. The highest BCUT2D eigenvalue weighted by Gasteiger charge is 2.25. The monoisotopic (exact) mass is 214 g/mol. The average molecular weight is 214 g/mol. The zero-order valence-corrected chi connectivity index (χ0v) is 9.03. The Bertz CT molecular complexity index is 242. The second-order valence-electron chi connectivity index (χ2n) is 3.32. The van der Waals surface area contributed by atoms with Crippen LogP contribution < -0.4 is 11.3 Å². The third-order valence-electron chi connectivity index (χ3n) is 2.52. The Morgan fingerprint density at radius 1 is 1.62 bits per heavy atom. The van der Waals surface area contributed by atoms with Gasteiger partial charge in [-0.3, -0.25) is 11.3 Å². The summed E-state index contributed by atoms with van der Waals surface area (Å²) < 4.78 is 0. The van der Waals surface area contributed by atoms with Crippen LogP contribution in [0, 0.1) is 5.92 Å². The van der Waals surface area contributed by atoms with E-state index in [9.17, 15) is 0 Å². The molecule has 1 aromatic rings. The summed E-state index contributed by atoms with van der Waals surface area (Å²) in [4.78, 5) is 0. The van der Waals surface area contributed by atoms with E-state index in [1.165, 1.54) is 23.5 Å². The van der Waals surface area contributed by atoms with Crippen LogP contribution in [-0.2, 0) is 0 Å². The SMILES string of the molecule is NNC(c1ccsc1)C1CCSC1. The van der Waals surface area contributed by atoms with Crippen molar-refractivity contribution in [1.29, 1.82) is 0 Å². The molecular weight excluding hydrogens is 200 g/mol. The van der Waals surface area contributed by atoms with Crippen molar-refractivity contribution in [3.8, 4) is 0 Å². The highest BCUT2D eigenvalue weighted by molar-refractivity contribution is 7.99. The Morgan fingerprint density at radius 2 is 2.54 bits per heavy atom. The first-order chi connectivity index (χ1) is 6.42. The Kier molecular flexibility index (Phi) is 3.27. The molecule has 0 amide bonds. The first-order valence-corrected chi connectivity index (χ1v) is 6.57. The molecule has 2 heterocycles. The first kappa shape index (κ1) is 9.52. The quantitative estimate of drug-likeness (QED) is 0.597. The van der Waals surface area contributed by atoms with Crippen LogP contribution in [0.25, 0.3) is 0 Å². The second-order valence-corrected chi connectivity index (χ2v) is 5.25. The molecule has 1 fully saturated rings. The molecule has 1 saturated heterocycles. The van der Waals surface area contributed by atoms with Crippen molar-refractivity contribution in [2.45, 2.75) is 12.5 Å². The molecule has 0 aromatic carbocycles. The van der Waals surface area contributed by atoms with E-state index in [2.05, 4.69) is 22.3 Å². The molecular formula is C9H14N2S2. The van der Waals surface area contributed by atoms with Gasteiger partial charge < -0.3 is 0 Å². The van der Waals surface area contributed by atoms with Gasteiger partial charge in [0.05, 0.1) is 6.04 Å². The molecule has 2 nitrogen and oxygen atoms in total. The molecule has 4 heteroatoms. The third kappa shape index (κ3) is 2.07. The van der Waals surface area contributed by atoms with Crippen LogP contribution in [0.2, 0.25) is 0 Å². The Labute approximate surface area is 86.9 Å². The Balaban J connectivity index is 2.08. The van der Waals surface area contributed by atoms with Crippen molar-refractivity contribution in [2.75, 3.05) is 11.5 Å². The van der Waals surface area contributed by atoms with Gasteiger partial charge in [-0.15, -0.1) is 0 Å². The lowest BCUT2D eigenvalue weighted by atomic mass is 9.95. The van der Waals surface area contributed by atoms with Gasteiger partial charge in [0, 0.05) is 0 Å². The third-order valence-corrected chi connectivity index (χ3v) is 4.41. The van der Waals surface area contributed by atoms with Gasteiger partial charge in [0.25, 0.3) is 0 Å². The highest BCUT2D eigenvalue weighted by Crippen LogP contribution is 2.34. The fourth-order valence-corrected chi connectivity index (χ4v) is 3.77. The normalized spacial score (nSPS) is 24.8. The maximum atomic E-state index is 5.59. The summed E-state index contributed by atoms with van der Waals surface area (Å²) in [6.07, 6.45) is 1.29. The van der Waals surface area contributed by atoms with Crippen molar-refractivity contribution in [3.05, 3.63) is 22.4 Å². The highest BCUT2D eigenvalue weighted by atomic mass is 32.2. The summed E-state index contributed by atoms with van der Waals surface area (Å²) in [5, 5.41) is 4.30.